The van der Waals surface area contributed by atoms with E-state index < -0.39 is 5.97 Å². The summed E-state index contributed by atoms with van der Waals surface area (Å²) in [4.78, 5) is 24.5. The zero-order valence-electron chi connectivity index (χ0n) is 16.3. The van der Waals surface area contributed by atoms with Gasteiger partial charge in [0.15, 0.2) is 5.78 Å². The maximum Gasteiger partial charge on any atom is 0.167 e. The van der Waals surface area contributed by atoms with Gasteiger partial charge >= 0.3 is 0 Å². The number of rotatable bonds is 7. The zero-order chi connectivity index (χ0) is 20.4. The third kappa shape index (κ3) is 3.76. The first-order valence-electron chi connectivity index (χ1n) is 9.49. The molecule has 0 spiro atoms. The number of aromatic carboxylic acids is 1. The van der Waals surface area contributed by atoms with E-state index in [1.807, 2.05) is 38.1 Å². The Morgan fingerprint density at radius 2 is 1.86 bits per heavy atom. The van der Waals surface area contributed by atoms with E-state index in [-0.39, 0.29) is 17.3 Å². The van der Waals surface area contributed by atoms with Gasteiger partial charge in [-0.15, -0.1) is 0 Å². The van der Waals surface area contributed by atoms with Crippen LogP contribution >= 0.6 is 15.9 Å². The lowest BCUT2D eigenvalue weighted by atomic mass is 9.96. The van der Waals surface area contributed by atoms with Crippen molar-refractivity contribution in [1.29, 1.82) is 0 Å². The monoisotopic (exact) mass is 440 g/mol. The molecule has 3 rings (SSSR count). The molecule has 0 aliphatic heterocycles. The molecule has 0 radical (unpaired) electrons. The quantitative estimate of drug-likeness (QED) is 0.504. The highest BCUT2D eigenvalue weighted by atomic mass is 79.9. The first-order valence-corrected chi connectivity index (χ1v) is 10.3. The van der Waals surface area contributed by atoms with Gasteiger partial charge in [0.2, 0.25) is 0 Å². The van der Waals surface area contributed by atoms with E-state index in [0.717, 1.165) is 39.5 Å². The van der Waals surface area contributed by atoms with E-state index in [4.69, 9.17) is 0 Å². The average Bonchev–Trinajstić information content (AvgIpc) is 2.95. The van der Waals surface area contributed by atoms with Crippen LogP contribution in [0.25, 0.3) is 10.9 Å². The van der Waals surface area contributed by atoms with E-state index in [9.17, 15) is 14.7 Å². The van der Waals surface area contributed by atoms with Crippen molar-refractivity contribution in [1.82, 2.24) is 4.57 Å². The summed E-state index contributed by atoms with van der Waals surface area (Å²) in [6, 6.07) is 12.8. The number of hydrogen-bond donors (Lipinski definition) is 0. The van der Waals surface area contributed by atoms with Crippen molar-refractivity contribution >= 4 is 38.6 Å². The van der Waals surface area contributed by atoms with Gasteiger partial charge in [-0.25, -0.2) is 0 Å². The number of carboxylic acids is 1. The number of halogens is 1. The molecule has 0 fully saturated rings. The van der Waals surface area contributed by atoms with Crippen LogP contribution in [-0.2, 0) is 13.0 Å². The number of Topliss-reactive ketones (excluding diaryl/α,β-unsaturated/α-hetero) is 1. The Bertz CT molecular complexity index is 1050. The lowest BCUT2D eigenvalue weighted by Gasteiger charge is -2.14. The van der Waals surface area contributed by atoms with Gasteiger partial charge in [-0.05, 0) is 29.7 Å². The number of aromatic nitrogens is 1. The summed E-state index contributed by atoms with van der Waals surface area (Å²) in [6.45, 7) is 6.42. The van der Waals surface area contributed by atoms with Crippen LogP contribution in [0.4, 0.5) is 0 Å². The van der Waals surface area contributed by atoms with Gasteiger partial charge in [0.25, 0.3) is 0 Å². The lowest BCUT2D eigenvalue weighted by molar-refractivity contribution is -0.255. The number of fused-ring (bicyclic) bond motifs is 1. The number of ketones is 1. The molecule has 2 aromatic carbocycles. The zero-order valence-corrected chi connectivity index (χ0v) is 17.9. The maximum absolute atomic E-state index is 13.1. The smallest absolute Gasteiger partial charge is 0.167 e. The molecule has 146 valence electrons. The van der Waals surface area contributed by atoms with Crippen LogP contribution in [0, 0.1) is 5.92 Å². The Morgan fingerprint density at radius 1 is 1.14 bits per heavy atom. The number of carbonyl (C=O) groups excluding carboxylic acids is 2. The highest BCUT2D eigenvalue weighted by Crippen LogP contribution is 2.32. The molecule has 0 atom stereocenters. The van der Waals surface area contributed by atoms with E-state index in [1.54, 1.807) is 12.1 Å². The van der Waals surface area contributed by atoms with Gasteiger partial charge in [0.1, 0.15) is 0 Å². The molecule has 1 heterocycles. The molecule has 0 amide bonds. The molecule has 0 N–H and O–H groups in total. The fourth-order valence-electron chi connectivity index (χ4n) is 3.57. The van der Waals surface area contributed by atoms with Crippen LogP contribution in [0.1, 0.15) is 59.2 Å². The second-order valence-electron chi connectivity index (χ2n) is 7.29. The molecule has 3 aromatic rings. The van der Waals surface area contributed by atoms with Gasteiger partial charge in [0.05, 0.1) is 5.97 Å². The van der Waals surface area contributed by atoms with Gasteiger partial charge in [-0.3, -0.25) is 4.79 Å². The fourth-order valence-corrected chi connectivity index (χ4v) is 3.98. The second kappa shape index (κ2) is 8.31. The third-order valence-electron chi connectivity index (χ3n) is 4.95. The molecule has 0 bridgehead atoms. The minimum absolute atomic E-state index is 0.0838. The second-order valence-corrected chi connectivity index (χ2v) is 8.14. The summed E-state index contributed by atoms with van der Waals surface area (Å²) >= 11 is 3.59. The number of nitrogens with zero attached hydrogens (tertiary/aromatic N) is 1. The highest BCUT2D eigenvalue weighted by molar-refractivity contribution is 9.10. The largest absolute Gasteiger partial charge is 0.545 e. The summed E-state index contributed by atoms with van der Waals surface area (Å²) in [5.41, 5.74) is 3.61. The van der Waals surface area contributed by atoms with Crippen molar-refractivity contribution in [2.45, 2.75) is 40.2 Å². The first kappa shape index (κ1) is 20.3. The summed E-state index contributed by atoms with van der Waals surface area (Å²) in [5.74, 6) is -1.27. The van der Waals surface area contributed by atoms with Crippen LogP contribution in [0.2, 0.25) is 0 Å². The van der Waals surface area contributed by atoms with Crippen LogP contribution in [0.5, 0.6) is 0 Å². The van der Waals surface area contributed by atoms with E-state index >= 15 is 0 Å². The summed E-state index contributed by atoms with van der Waals surface area (Å²) in [5, 5.41) is 12.2. The Morgan fingerprint density at radius 3 is 2.46 bits per heavy atom. The van der Waals surface area contributed by atoms with E-state index in [2.05, 4.69) is 27.4 Å². The predicted molar refractivity (Wildman–Crippen MR) is 113 cm³/mol. The molecule has 0 saturated heterocycles. The topological polar surface area (TPSA) is 62.1 Å². The number of benzene rings is 2. The van der Waals surface area contributed by atoms with Crippen molar-refractivity contribution < 1.29 is 14.7 Å². The summed E-state index contributed by atoms with van der Waals surface area (Å²) in [6.07, 6.45) is 1.63. The third-order valence-corrected chi connectivity index (χ3v) is 5.73. The van der Waals surface area contributed by atoms with Crippen molar-refractivity contribution in [3.8, 4) is 0 Å². The molecular formula is C23H23BrNO3-. The van der Waals surface area contributed by atoms with Crippen LogP contribution in [0.3, 0.4) is 0 Å². The Balaban J connectivity index is 2.33. The fraction of sp³-hybridized carbons (Fsp3) is 0.304. The highest BCUT2D eigenvalue weighted by Gasteiger charge is 2.24. The Labute approximate surface area is 173 Å². The SMILES string of the molecule is CCCc1c(C(=O)C(C)C)c2ccc(C(=O)[O-])cc2n1Cc1ccccc1Br. The van der Waals surface area contributed by atoms with Gasteiger partial charge in [0, 0.05) is 39.1 Å². The number of carboxylic acid groups (broad SMARTS) is 1. The minimum Gasteiger partial charge on any atom is -0.545 e. The van der Waals surface area contributed by atoms with Crippen molar-refractivity contribution in [2.75, 3.05) is 0 Å². The Kier molecular flexibility index (Phi) is 6.04. The molecule has 4 nitrogen and oxygen atoms in total. The van der Waals surface area contributed by atoms with Crippen molar-refractivity contribution in [3.63, 3.8) is 0 Å². The molecule has 5 heteroatoms. The molecule has 0 saturated carbocycles. The molecule has 0 aliphatic carbocycles. The van der Waals surface area contributed by atoms with Crippen LogP contribution in [0.15, 0.2) is 46.9 Å². The van der Waals surface area contributed by atoms with Crippen molar-refractivity contribution in [3.05, 3.63) is 69.3 Å². The number of carbonyl (C=O) groups is 2. The summed E-state index contributed by atoms with van der Waals surface area (Å²) < 4.78 is 3.06. The van der Waals surface area contributed by atoms with E-state index in [0.29, 0.717) is 12.1 Å². The number of hydrogen-bond acceptors (Lipinski definition) is 3. The molecule has 0 aliphatic rings. The van der Waals surface area contributed by atoms with Crippen LogP contribution in [-0.4, -0.2) is 16.3 Å². The predicted octanol–water partition coefficient (Wildman–Crippen LogP) is 4.61. The average molecular weight is 441 g/mol. The minimum atomic E-state index is -1.22. The standard InChI is InChI=1S/C23H24BrNO3/c1-4-7-19-21(22(26)14(2)3)17-11-10-15(23(27)28)12-20(17)25(19)13-16-8-5-6-9-18(16)24/h5-6,8-12,14H,4,7,13H2,1-3H3,(H,27,28)/p-1. The van der Waals surface area contributed by atoms with Crippen LogP contribution < -0.4 is 5.11 Å². The maximum atomic E-state index is 13.1. The molecule has 28 heavy (non-hydrogen) atoms. The first-order chi connectivity index (χ1) is 13.3. The van der Waals surface area contributed by atoms with Crippen molar-refractivity contribution in [2.24, 2.45) is 5.92 Å². The van der Waals surface area contributed by atoms with E-state index in [1.165, 1.54) is 6.07 Å². The molecule has 1 aromatic heterocycles. The lowest BCUT2D eigenvalue weighted by Crippen LogP contribution is -2.22. The van der Waals surface area contributed by atoms with Gasteiger partial charge < -0.3 is 14.5 Å². The molecule has 0 unspecified atom stereocenters. The normalized spacial score (nSPS) is 11.3. The van der Waals surface area contributed by atoms with Gasteiger partial charge in [-0.1, -0.05) is 73.5 Å². The van der Waals surface area contributed by atoms with Gasteiger partial charge in [-0.2, -0.15) is 0 Å². The summed E-state index contributed by atoms with van der Waals surface area (Å²) in [7, 11) is 0. The Hall–Kier alpha value is -2.40. The molecular weight excluding hydrogens is 418 g/mol.